The lowest BCUT2D eigenvalue weighted by atomic mass is 9.95. The SMILES string of the molecule is Cc1cc(Nc2ccc(C(=O)NC3CCCCC3)nn2)no1. The van der Waals surface area contributed by atoms with E-state index in [0.29, 0.717) is 23.1 Å². The van der Waals surface area contributed by atoms with Gasteiger partial charge in [0.2, 0.25) is 0 Å². The van der Waals surface area contributed by atoms with Gasteiger partial charge < -0.3 is 15.2 Å². The number of aromatic nitrogens is 3. The summed E-state index contributed by atoms with van der Waals surface area (Å²) in [6.45, 7) is 1.81. The van der Waals surface area contributed by atoms with Gasteiger partial charge in [0.05, 0.1) is 0 Å². The Hall–Kier alpha value is -2.44. The van der Waals surface area contributed by atoms with Gasteiger partial charge in [-0.1, -0.05) is 24.4 Å². The number of rotatable bonds is 4. The highest BCUT2D eigenvalue weighted by Gasteiger charge is 2.17. The normalized spacial score (nSPS) is 15.5. The van der Waals surface area contributed by atoms with Crippen LogP contribution in [0.3, 0.4) is 0 Å². The minimum Gasteiger partial charge on any atom is -0.360 e. The fraction of sp³-hybridized carbons (Fsp3) is 0.467. The number of aryl methyl sites for hydroxylation is 1. The summed E-state index contributed by atoms with van der Waals surface area (Å²) in [6.07, 6.45) is 5.70. The second-order valence-electron chi connectivity index (χ2n) is 5.56. The Bertz CT molecular complexity index is 632. The van der Waals surface area contributed by atoms with Gasteiger partial charge in [-0.25, -0.2) is 0 Å². The molecule has 1 aliphatic carbocycles. The molecular weight excluding hydrogens is 282 g/mol. The average molecular weight is 301 g/mol. The molecule has 1 amide bonds. The monoisotopic (exact) mass is 301 g/mol. The van der Waals surface area contributed by atoms with Gasteiger partial charge in [0.15, 0.2) is 17.3 Å². The zero-order valence-corrected chi connectivity index (χ0v) is 12.5. The molecule has 0 saturated heterocycles. The number of anilines is 2. The smallest absolute Gasteiger partial charge is 0.272 e. The van der Waals surface area contributed by atoms with Crippen molar-refractivity contribution in [1.29, 1.82) is 0 Å². The molecule has 0 spiro atoms. The van der Waals surface area contributed by atoms with Crippen molar-refractivity contribution in [2.45, 2.75) is 45.1 Å². The van der Waals surface area contributed by atoms with Crippen LogP contribution in [0.15, 0.2) is 22.7 Å². The first-order chi connectivity index (χ1) is 10.7. The molecule has 3 rings (SSSR count). The maximum absolute atomic E-state index is 12.1. The van der Waals surface area contributed by atoms with Crippen LogP contribution in [-0.2, 0) is 0 Å². The molecule has 7 nitrogen and oxygen atoms in total. The predicted octanol–water partition coefficient (Wildman–Crippen LogP) is 2.58. The highest BCUT2D eigenvalue weighted by Crippen LogP contribution is 2.18. The summed E-state index contributed by atoms with van der Waals surface area (Å²) in [5.74, 6) is 1.62. The summed E-state index contributed by atoms with van der Waals surface area (Å²) >= 11 is 0. The van der Waals surface area contributed by atoms with Crippen molar-refractivity contribution in [3.05, 3.63) is 29.7 Å². The molecular formula is C15H19N5O2. The third-order valence-corrected chi connectivity index (χ3v) is 3.72. The van der Waals surface area contributed by atoms with E-state index in [2.05, 4.69) is 26.0 Å². The van der Waals surface area contributed by atoms with Gasteiger partial charge in [-0.3, -0.25) is 4.79 Å². The molecule has 0 atom stereocenters. The molecule has 1 aliphatic rings. The zero-order chi connectivity index (χ0) is 15.4. The van der Waals surface area contributed by atoms with Crippen molar-refractivity contribution in [3.8, 4) is 0 Å². The molecule has 0 radical (unpaired) electrons. The third kappa shape index (κ3) is 3.60. The standard InChI is InChI=1S/C15H19N5O2/c1-10-9-14(20-22-10)17-13-8-7-12(18-19-13)15(21)16-11-5-3-2-4-6-11/h7-9,11H,2-6H2,1H3,(H,16,21)(H,17,19,20). The molecule has 0 aromatic carbocycles. The Morgan fingerprint density at radius 2 is 2.00 bits per heavy atom. The minimum atomic E-state index is -0.164. The average Bonchev–Trinajstić information content (AvgIpc) is 2.94. The van der Waals surface area contributed by atoms with E-state index < -0.39 is 0 Å². The zero-order valence-electron chi connectivity index (χ0n) is 12.5. The summed E-state index contributed by atoms with van der Waals surface area (Å²) in [7, 11) is 0. The van der Waals surface area contributed by atoms with Gasteiger partial charge in [-0.15, -0.1) is 10.2 Å². The number of hydrogen-bond donors (Lipinski definition) is 2. The van der Waals surface area contributed by atoms with E-state index in [4.69, 9.17) is 4.52 Å². The molecule has 0 unspecified atom stereocenters. The quantitative estimate of drug-likeness (QED) is 0.901. The van der Waals surface area contributed by atoms with Crippen molar-refractivity contribution in [2.75, 3.05) is 5.32 Å². The second-order valence-corrected chi connectivity index (χ2v) is 5.56. The molecule has 1 saturated carbocycles. The predicted molar refractivity (Wildman–Crippen MR) is 80.9 cm³/mol. The largest absolute Gasteiger partial charge is 0.360 e. The first-order valence-corrected chi connectivity index (χ1v) is 7.55. The molecule has 22 heavy (non-hydrogen) atoms. The van der Waals surface area contributed by atoms with Crippen LogP contribution >= 0.6 is 0 Å². The van der Waals surface area contributed by atoms with Crippen LogP contribution in [-0.4, -0.2) is 27.3 Å². The molecule has 2 aromatic rings. The van der Waals surface area contributed by atoms with Crippen LogP contribution in [0.5, 0.6) is 0 Å². The molecule has 2 N–H and O–H groups in total. The number of nitrogens with zero attached hydrogens (tertiary/aromatic N) is 3. The van der Waals surface area contributed by atoms with E-state index in [1.807, 2.05) is 6.92 Å². The summed E-state index contributed by atoms with van der Waals surface area (Å²) in [5, 5.41) is 17.8. The third-order valence-electron chi connectivity index (χ3n) is 3.72. The number of amides is 1. The lowest BCUT2D eigenvalue weighted by Gasteiger charge is -2.22. The van der Waals surface area contributed by atoms with E-state index in [9.17, 15) is 4.79 Å². The minimum absolute atomic E-state index is 0.164. The summed E-state index contributed by atoms with van der Waals surface area (Å²) < 4.78 is 4.96. The van der Waals surface area contributed by atoms with Gasteiger partial charge in [0.25, 0.3) is 5.91 Å². The molecule has 1 fully saturated rings. The highest BCUT2D eigenvalue weighted by molar-refractivity contribution is 5.92. The van der Waals surface area contributed by atoms with Crippen molar-refractivity contribution < 1.29 is 9.32 Å². The lowest BCUT2D eigenvalue weighted by molar-refractivity contribution is 0.0921. The van der Waals surface area contributed by atoms with Crippen molar-refractivity contribution in [3.63, 3.8) is 0 Å². The number of nitrogens with one attached hydrogen (secondary N) is 2. The molecule has 116 valence electrons. The summed E-state index contributed by atoms with van der Waals surface area (Å²) in [6, 6.07) is 5.37. The van der Waals surface area contributed by atoms with Gasteiger partial charge in [-0.2, -0.15) is 0 Å². The van der Waals surface area contributed by atoms with Crippen LogP contribution in [0.1, 0.15) is 48.4 Å². The fourth-order valence-corrected chi connectivity index (χ4v) is 2.58. The number of carbonyl (C=O) groups is 1. The molecule has 2 aromatic heterocycles. The summed E-state index contributed by atoms with van der Waals surface area (Å²) in [5.41, 5.74) is 0.326. The van der Waals surface area contributed by atoms with Crippen LogP contribution in [0.4, 0.5) is 11.6 Å². The van der Waals surface area contributed by atoms with E-state index in [1.165, 1.54) is 19.3 Å². The lowest BCUT2D eigenvalue weighted by Crippen LogP contribution is -2.36. The van der Waals surface area contributed by atoms with Crippen molar-refractivity contribution in [2.24, 2.45) is 0 Å². The van der Waals surface area contributed by atoms with Gasteiger partial charge >= 0.3 is 0 Å². The number of carbonyl (C=O) groups excluding carboxylic acids is 1. The maximum atomic E-state index is 12.1. The van der Waals surface area contributed by atoms with Gasteiger partial charge in [0.1, 0.15) is 5.76 Å². The second kappa shape index (κ2) is 6.55. The maximum Gasteiger partial charge on any atom is 0.272 e. The highest BCUT2D eigenvalue weighted by atomic mass is 16.5. The topological polar surface area (TPSA) is 92.9 Å². The Morgan fingerprint density at radius 1 is 1.18 bits per heavy atom. The van der Waals surface area contributed by atoms with Gasteiger partial charge in [-0.05, 0) is 31.9 Å². The molecule has 2 heterocycles. The van der Waals surface area contributed by atoms with Gasteiger partial charge in [0, 0.05) is 12.1 Å². The first kappa shape index (κ1) is 14.5. The van der Waals surface area contributed by atoms with Crippen molar-refractivity contribution >= 4 is 17.5 Å². The van der Waals surface area contributed by atoms with Crippen LogP contribution in [0, 0.1) is 6.92 Å². The number of hydrogen-bond acceptors (Lipinski definition) is 6. The van der Waals surface area contributed by atoms with Crippen LogP contribution in [0.25, 0.3) is 0 Å². The van der Waals surface area contributed by atoms with E-state index in [0.717, 1.165) is 12.8 Å². The summed E-state index contributed by atoms with van der Waals surface area (Å²) in [4.78, 5) is 12.1. The van der Waals surface area contributed by atoms with Crippen molar-refractivity contribution in [1.82, 2.24) is 20.7 Å². The Labute approximate surface area is 128 Å². The van der Waals surface area contributed by atoms with E-state index >= 15 is 0 Å². The Balaban J connectivity index is 1.59. The Kier molecular flexibility index (Phi) is 4.32. The molecule has 7 heteroatoms. The van der Waals surface area contributed by atoms with E-state index in [1.54, 1.807) is 18.2 Å². The fourth-order valence-electron chi connectivity index (χ4n) is 2.58. The van der Waals surface area contributed by atoms with Crippen LogP contribution < -0.4 is 10.6 Å². The Morgan fingerprint density at radius 3 is 2.64 bits per heavy atom. The molecule has 0 aliphatic heterocycles. The van der Waals surface area contributed by atoms with Crippen LogP contribution in [0.2, 0.25) is 0 Å². The van der Waals surface area contributed by atoms with E-state index in [-0.39, 0.29) is 11.9 Å². The molecule has 0 bridgehead atoms. The first-order valence-electron chi connectivity index (χ1n) is 7.55.